The average Bonchev–Trinajstić information content (AvgIpc) is 2.94. The standard InChI is InChI=1S/C23H33FN2O3/c1-16-18-10-6-11-19(24)21(18)26(13-8-14-28-5)20(16)17-9-7-12-25(15-17)22(27)29-23(2,3)4/h6,10-11,17H,7-9,12-15H2,1-5H3. The van der Waals surface area contributed by atoms with Crippen LogP contribution >= 0.6 is 0 Å². The van der Waals surface area contributed by atoms with Crippen LogP contribution in [0.5, 0.6) is 0 Å². The van der Waals surface area contributed by atoms with Crippen LogP contribution in [-0.2, 0) is 16.0 Å². The molecule has 5 nitrogen and oxygen atoms in total. The van der Waals surface area contributed by atoms with E-state index in [-0.39, 0.29) is 17.8 Å². The van der Waals surface area contributed by atoms with E-state index in [0.29, 0.717) is 31.8 Å². The second kappa shape index (κ2) is 8.74. The molecule has 2 aromatic rings. The minimum Gasteiger partial charge on any atom is -0.444 e. The molecule has 1 amide bonds. The van der Waals surface area contributed by atoms with Gasteiger partial charge >= 0.3 is 6.09 Å². The fraction of sp³-hybridized carbons (Fsp3) is 0.609. The van der Waals surface area contributed by atoms with E-state index in [9.17, 15) is 9.18 Å². The Kier molecular flexibility index (Phi) is 6.52. The molecular weight excluding hydrogens is 371 g/mol. The third kappa shape index (κ3) is 4.74. The summed E-state index contributed by atoms with van der Waals surface area (Å²) < 4.78 is 27.7. The van der Waals surface area contributed by atoms with Gasteiger partial charge in [-0.05, 0) is 58.6 Å². The summed E-state index contributed by atoms with van der Waals surface area (Å²) in [4.78, 5) is 14.4. The van der Waals surface area contributed by atoms with Gasteiger partial charge < -0.3 is 18.9 Å². The number of para-hydroxylation sites is 1. The summed E-state index contributed by atoms with van der Waals surface area (Å²) in [5.41, 5.74) is 2.38. The van der Waals surface area contributed by atoms with Crippen molar-refractivity contribution in [2.45, 2.75) is 65.0 Å². The normalized spacial score (nSPS) is 17.7. The number of benzene rings is 1. The molecule has 3 rings (SSSR count). The molecule has 1 unspecified atom stereocenters. The molecule has 1 atom stereocenters. The second-order valence-corrected chi connectivity index (χ2v) is 8.91. The number of hydrogen-bond acceptors (Lipinski definition) is 3. The predicted molar refractivity (Wildman–Crippen MR) is 113 cm³/mol. The molecule has 1 saturated heterocycles. The molecule has 1 aromatic heterocycles. The number of hydrogen-bond donors (Lipinski definition) is 0. The highest BCUT2D eigenvalue weighted by atomic mass is 19.1. The Morgan fingerprint density at radius 1 is 1.31 bits per heavy atom. The Labute approximate surface area is 172 Å². The lowest BCUT2D eigenvalue weighted by Gasteiger charge is -2.35. The first-order valence-electron chi connectivity index (χ1n) is 10.5. The van der Waals surface area contributed by atoms with E-state index in [0.717, 1.165) is 35.9 Å². The summed E-state index contributed by atoms with van der Waals surface area (Å²) in [6, 6.07) is 5.27. The number of fused-ring (bicyclic) bond motifs is 1. The van der Waals surface area contributed by atoms with Crippen LogP contribution in [0.3, 0.4) is 0 Å². The monoisotopic (exact) mass is 404 g/mol. The lowest BCUT2D eigenvalue weighted by Crippen LogP contribution is -2.42. The number of likely N-dealkylation sites (tertiary alicyclic amines) is 1. The van der Waals surface area contributed by atoms with Crippen LogP contribution in [-0.4, -0.2) is 48.0 Å². The zero-order chi connectivity index (χ0) is 21.2. The maximum Gasteiger partial charge on any atom is 0.410 e. The van der Waals surface area contributed by atoms with Crippen molar-refractivity contribution in [3.63, 3.8) is 0 Å². The first-order chi connectivity index (χ1) is 13.7. The van der Waals surface area contributed by atoms with Crippen LogP contribution in [0.25, 0.3) is 10.9 Å². The molecule has 1 fully saturated rings. The van der Waals surface area contributed by atoms with Gasteiger partial charge in [-0.2, -0.15) is 0 Å². The largest absolute Gasteiger partial charge is 0.444 e. The van der Waals surface area contributed by atoms with Crippen molar-refractivity contribution in [3.8, 4) is 0 Å². The molecule has 0 radical (unpaired) electrons. The van der Waals surface area contributed by atoms with E-state index < -0.39 is 5.60 Å². The van der Waals surface area contributed by atoms with E-state index in [4.69, 9.17) is 9.47 Å². The van der Waals surface area contributed by atoms with Crippen molar-refractivity contribution in [2.24, 2.45) is 0 Å². The van der Waals surface area contributed by atoms with Gasteiger partial charge in [0.2, 0.25) is 0 Å². The third-order valence-electron chi connectivity index (χ3n) is 5.53. The highest BCUT2D eigenvalue weighted by molar-refractivity contribution is 5.86. The molecular formula is C23H33FN2O3. The molecule has 2 heterocycles. The van der Waals surface area contributed by atoms with Crippen LogP contribution < -0.4 is 0 Å². The number of piperidine rings is 1. The van der Waals surface area contributed by atoms with Crippen LogP contribution in [0.2, 0.25) is 0 Å². The van der Waals surface area contributed by atoms with Gasteiger partial charge in [0.1, 0.15) is 11.4 Å². The Hall–Kier alpha value is -2.08. The number of nitrogens with zero attached hydrogens (tertiary/aromatic N) is 2. The van der Waals surface area contributed by atoms with Crippen molar-refractivity contribution in [1.82, 2.24) is 9.47 Å². The van der Waals surface area contributed by atoms with Crippen LogP contribution in [0.1, 0.15) is 57.2 Å². The molecule has 0 N–H and O–H groups in total. The highest BCUT2D eigenvalue weighted by Gasteiger charge is 2.31. The summed E-state index contributed by atoms with van der Waals surface area (Å²) >= 11 is 0. The van der Waals surface area contributed by atoms with Gasteiger partial charge in [-0.1, -0.05) is 12.1 Å². The van der Waals surface area contributed by atoms with Crippen LogP contribution in [0.15, 0.2) is 18.2 Å². The summed E-state index contributed by atoms with van der Waals surface area (Å²) in [7, 11) is 1.68. The van der Waals surface area contributed by atoms with Crippen molar-refractivity contribution >= 4 is 17.0 Å². The second-order valence-electron chi connectivity index (χ2n) is 8.91. The van der Waals surface area contributed by atoms with E-state index >= 15 is 0 Å². The quantitative estimate of drug-likeness (QED) is 0.640. The number of halogens is 1. The van der Waals surface area contributed by atoms with Crippen molar-refractivity contribution in [1.29, 1.82) is 0 Å². The van der Waals surface area contributed by atoms with Gasteiger partial charge in [-0.3, -0.25) is 0 Å². The molecule has 1 aromatic carbocycles. The highest BCUT2D eigenvalue weighted by Crippen LogP contribution is 2.36. The smallest absolute Gasteiger partial charge is 0.410 e. The van der Waals surface area contributed by atoms with Crippen molar-refractivity contribution < 1.29 is 18.7 Å². The number of aromatic nitrogens is 1. The average molecular weight is 405 g/mol. The van der Waals surface area contributed by atoms with E-state index in [2.05, 4.69) is 11.5 Å². The summed E-state index contributed by atoms with van der Waals surface area (Å²) in [5.74, 6) is -0.0420. The van der Waals surface area contributed by atoms with Crippen LogP contribution in [0, 0.1) is 12.7 Å². The van der Waals surface area contributed by atoms with Crippen LogP contribution in [0.4, 0.5) is 9.18 Å². The molecule has 29 heavy (non-hydrogen) atoms. The lowest BCUT2D eigenvalue weighted by molar-refractivity contribution is 0.0196. The number of carbonyl (C=O) groups excluding carboxylic acids is 1. The first kappa shape index (κ1) is 21.6. The number of methoxy groups -OCH3 is 1. The first-order valence-corrected chi connectivity index (χ1v) is 10.5. The van der Waals surface area contributed by atoms with Gasteiger partial charge in [0.05, 0.1) is 5.52 Å². The molecule has 160 valence electrons. The Balaban J connectivity index is 1.95. The zero-order valence-electron chi connectivity index (χ0n) is 18.3. The fourth-order valence-corrected chi connectivity index (χ4v) is 4.37. The van der Waals surface area contributed by atoms with Gasteiger partial charge in [0, 0.05) is 50.3 Å². The van der Waals surface area contributed by atoms with Gasteiger partial charge in [-0.25, -0.2) is 9.18 Å². The minimum atomic E-state index is -0.516. The van der Waals surface area contributed by atoms with E-state index in [1.807, 2.05) is 26.8 Å². The summed E-state index contributed by atoms with van der Waals surface area (Å²) in [5, 5.41) is 0.951. The number of rotatable bonds is 5. The van der Waals surface area contributed by atoms with Crippen molar-refractivity contribution in [3.05, 3.63) is 35.3 Å². The van der Waals surface area contributed by atoms with Gasteiger partial charge in [0.25, 0.3) is 0 Å². The fourth-order valence-electron chi connectivity index (χ4n) is 4.37. The number of aryl methyl sites for hydroxylation is 2. The summed E-state index contributed by atoms with van der Waals surface area (Å²) in [6.45, 7) is 10.3. The molecule has 0 aliphatic carbocycles. The minimum absolute atomic E-state index is 0.158. The molecule has 0 saturated carbocycles. The number of amides is 1. The zero-order valence-corrected chi connectivity index (χ0v) is 18.3. The summed E-state index contributed by atoms with van der Waals surface area (Å²) in [6.07, 6.45) is 2.42. The third-order valence-corrected chi connectivity index (χ3v) is 5.53. The number of carbonyl (C=O) groups is 1. The maximum absolute atomic E-state index is 14.8. The molecule has 0 bridgehead atoms. The van der Waals surface area contributed by atoms with Gasteiger partial charge in [0.15, 0.2) is 0 Å². The Morgan fingerprint density at radius 3 is 2.76 bits per heavy atom. The SMILES string of the molecule is COCCCn1c(C2CCCN(C(=O)OC(C)(C)C)C2)c(C)c2cccc(F)c21. The van der Waals surface area contributed by atoms with Gasteiger partial charge in [-0.15, -0.1) is 0 Å². The number of ether oxygens (including phenoxy) is 2. The topological polar surface area (TPSA) is 43.7 Å². The Bertz CT molecular complexity index is 869. The van der Waals surface area contributed by atoms with Crippen molar-refractivity contribution in [2.75, 3.05) is 26.8 Å². The van der Waals surface area contributed by atoms with E-state index in [1.165, 1.54) is 6.07 Å². The molecule has 0 spiro atoms. The lowest BCUT2D eigenvalue weighted by atomic mass is 9.92. The predicted octanol–water partition coefficient (Wildman–Crippen LogP) is 5.24. The molecule has 1 aliphatic heterocycles. The maximum atomic E-state index is 14.8. The Morgan fingerprint density at radius 2 is 2.07 bits per heavy atom. The van der Waals surface area contributed by atoms with E-state index in [1.54, 1.807) is 18.1 Å². The molecule has 6 heteroatoms. The molecule has 1 aliphatic rings.